The van der Waals surface area contributed by atoms with E-state index in [0.717, 1.165) is 39.2 Å². The van der Waals surface area contributed by atoms with Crippen LogP contribution in [0, 0.1) is 0 Å². The van der Waals surface area contributed by atoms with E-state index in [-0.39, 0.29) is 6.04 Å². The number of furan rings is 1. The predicted octanol–water partition coefficient (Wildman–Crippen LogP) is 8.24. The molecular formula is C32H19N3O. The first-order valence-corrected chi connectivity index (χ1v) is 12.3. The summed E-state index contributed by atoms with van der Waals surface area (Å²) in [5.41, 5.74) is 8.60. The molecule has 1 aliphatic carbocycles. The summed E-state index contributed by atoms with van der Waals surface area (Å²) in [5, 5.41) is 9.65. The summed E-state index contributed by atoms with van der Waals surface area (Å²) in [6.07, 6.45) is 8.39. The van der Waals surface area contributed by atoms with Crippen LogP contribution >= 0.6 is 0 Å². The van der Waals surface area contributed by atoms with E-state index in [1.807, 2.05) is 0 Å². The average molecular weight is 462 g/mol. The maximum absolute atomic E-state index is 6.50. The molecule has 1 unspecified atom stereocenters. The van der Waals surface area contributed by atoms with Crippen LogP contribution < -0.4 is 5.32 Å². The molecule has 0 spiro atoms. The molecule has 168 valence electrons. The average Bonchev–Trinajstić information content (AvgIpc) is 3.57. The number of nitrogens with one attached hydrogen (secondary N) is 1. The van der Waals surface area contributed by atoms with Gasteiger partial charge in [-0.05, 0) is 41.5 Å². The SMILES string of the molecule is C1=CC2=Nc3c(n4c5ccccc5c5c6c(cc3c54)oc3ccc(-c4ccccc4)cc36)NC2C=C1. The Kier molecular flexibility index (Phi) is 3.30. The summed E-state index contributed by atoms with van der Waals surface area (Å²) in [5.74, 6) is 1.05. The first-order chi connectivity index (χ1) is 17.8. The van der Waals surface area contributed by atoms with Gasteiger partial charge < -0.3 is 9.73 Å². The van der Waals surface area contributed by atoms with E-state index in [2.05, 4.69) is 113 Å². The molecule has 0 saturated heterocycles. The molecule has 0 amide bonds. The van der Waals surface area contributed by atoms with Crippen LogP contribution in [0.25, 0.3) is 60.3 Å². The second-order valence-corrected chi connectivity index (χ2v) is 9.65. The standard InChI is InChI=1S/C32H19N3O/c1-2-8-18(9-3-1)19-14-15-26-21(16-19)28-27(36-26)17-22-30-32(34-24-12-6-5-11-23(24)33-30)35-25-13-7-4-10-20(25)29(28)31(22)35/h1-17,24,34H. The second kappa shape index (κ2) is 6.43. The van der Waals surface area contributed by atoms with Crippen molar-refractivity contribution >= 4 is 66.3 Å². The lowest BCUT2D eigenvalue weighted by Gasteiger charge is -2.23. The fourth-order valence-electron chi connectivity index (χ4n) is 6.16. The highest BCUT2D eigenvalue weighted by atomic mass is 16.3. The van der Waals surface area contributed by atoms with Crippen LogP contribution in [0.3, 0.4) is 0 Å². The number of para-hydroxylation sites is 1. The van der Waals surface area contributed by atoms with Gasteiger partial charge in [-0.3, -0.25) is 4.40 Å². The van der Waals surface area contributed by atoms with Crippen LogP contribution in [-0.4, -0.2) is 16.2 Å². The van der Waals surface area contributed by atoms with Gasteiger partial charge in [0.15, 0.2) is 0 Å². The van der Waals surface area contributed by atoms with Gasteiger partial charge in [0.05, 0.1) is 22.8 Å². The molecule has 7 aromatic rings. The molecule has 1 N–H and O–H groups in total. The van der Waals surface area contributed by atoms with Gasteiger partial charge in [-0.1, -0.05) is 72.8 Å². The Morgan fingerprint density at radius 3 is 2.58 bits per heavy atom. The van der Waals surface area contributed by atoms with Crippen molar-refractivity contribution in [3.63, 3.8) is 0 Å². The molecular weight excluding hydrogens is 442 g/mol. The van der Waals surface area contributed by atoms with Crippen LogP contribution in [0.5, 0.6) is 0 Å². The number of hydrogen-bond donors (Lipinski definition) is 1. The zero-order valence-corrected chi connectivity index (χ0v) is 19.2. The third-order valence-corrected chi connectivity index (χ3v) is 7.71. The van der Waals surface area contributed by atoms with Crippen LogP contribution in [0.15, 0.2) is 113 Å². The molecule has 4 heteroatoms. The molecule has 4 aromatic carbocycles. The monoisotopic (exact) mass is 461 g/mol. The van der Waals surface area contributed by atoms with Gasteiger partial charge in [0.25, 0.3) is 0 Å². The summed E-state index contributed by atoms with van der Waals surface area (Å²) < 4.78 is 8.86. The summed E-state index contributed by atoms with van der Waals surface area (Å²) in [4.78, 5) is 5.13. The third kappa shape index (κ3) is 2.22. The predicted molar refractivity (Wildman–Crippen MR) is 149 cm³/mol. The molecule has 3 aromatic heterocycles. The van der Waals surface area contributed by atoms with Crippen LogP contribution in [0.1, 0.15) is 0 Å². The number of nitrogens with zero attached hydrogens (tertiary/aromatic N) is 2. The Morgan fingerprint density at radius 1 is 0.750 bits per heavy atom. The molecule has 0 bridgehead atoms. The van der Waals surface area contributed by atoms with Gasteiger partial charge >= 0.3 is 0 Å². The number of allylic oxidation sites excluding steroid dienone is 2. The topological polar surface area (TPSA) is 41.9 Å². The van der Waals surface area contributed by atoms with Gasteiger partial charge in [0.1, 0.15) is 22.7 Å². The molecule has 0 fully saturated rings. The highest BCUT2D eigenvalue weighted by Gasteiger charge is 2.30. The molecule has 4 nitrogen and oxygen atoms in total. The van der Waals surface area contributed by atoms with Gasteiger partial charge in [-0.15, -0.1) is 0 Å². The Hall–Kier alpha value is -4.83. The van der Waals surface area contributed by atoms with Gasteiger partial charge in [0.2, 0.25) is 0 Å². The van der Waals surface area contributed by atoms with Gasteiger partial charge in [0, 0.05) is 26.9 Å². The lowest BCUT2D eigenvalue weighted by Crippen LogP contribution is -2.30. The van der Waals surface area contributed by atoms with E-state index in [4.69, 9.17) is 9.41 Å². The van der Waals surface area contributed by atoms with Crippen LogP contribution in [-0.2, 0) is 0 Å². The molecule has 1 aliphatic heterocycles. The van der Waals surface area contributed by atoms with Gasteiger partial charge in [-0.25, -0.2) is 4.99 Å². The van der Waals surface area contributed by atoms with Crippen molar-refractivity contribution in [3.05, 3.63) is 103 Å². The fraction of sp³-hybridized carbons (Fsp3) is 0.0312. The Labute approximate surface area is 205 Å². The number of aliphatic imine (C=N–C) groups is 1. The maximum Gasteiger partial charge on any atom is 0.138 e. The number of benzene rings is 4. The van der Waals surface area contributed by atoms with Crippen LogP contribution in [0.4, 0.5) is 11.5 Å². The first-order valence-electron chi connectivity index (χ1n) is 12.3. The zero-order valence-electron chi connectivity index (χ0n) is 19.2. The van der Waals surface area contributed by atoms with E-state index < -0.39 is 0 Å². The Bertz CT molecular complexity index is 2120. The highest BCUT2D eigenvalue weighted by molar-refractivity contribution is 6.33. The van der Waals surface area contributed by atoms with Crippen molar-refractivity contribution in [2.45, 2.75) is 6.04 Å². The van der Waals surface area contributed by atoms with Crippen molar-refractivity contribution in [1.82, 2.24) is 4.40 Å². The minimum atomic E-state index is 0.0801. The fourth-order valence-corrected chi connectivity index (χ4v) is 6.16. The lowest BCUT2D eigenvalue weighted by atomic mass is 9.99. The molecule has 1 atom stereocenters. The molecule has 2 aliphatic rings. The van der Waals surface area contributed by atoms with E-state index in [1.54, 1.807) is 0 Å². The largest absolute Gasteiger partial charge is 0.456 e. The van der Waals surface area contributed by atoms with Crippen molar-refractivity contribution in [2.24, 2.45) is 4.99 Å². The van der Waals surface area contributed by atoms with E-state index in [9.17, 15) is 0 Å². The van der Waals surface area contributed by atoms with Crippen molar-refractivity contribution in [3.8, 4) is 11.1 Å². The highest BCUT2D eigenvalue weighted by Crippen LogP contribution is 2.50. The summed E-state index contributed by atoms with van der Waals surface area (Å²) in [6.45, 7) is 0. The first kappa shape index (κ1) is 18.5. The number of aromatic nitrogens is 1. The maximum atomic E-state index is 6.50. The Morgan fingerprint density at radius 2 is 1.64 bits per heavy atom. The van der Waals surface area contributed by atoms with Crippen molar-refractivity contribution in [2.75, 3.05) is 5.32 Å². The molecule has 9 rings (SSSR count). The van der Waals surface area contributed by atoms with Crippen molar-refractivity contribution in [1.29, 1.82) is 0 Å². The number of rotatable bonds is 1. The normalized spacial score (nSPS) is 16.8. The van der Waals surface area contributed by atoms with E-state index in [0.29, 0.717) is 0 Å². The molecule has 36 heavy (non-hydrogen) atoms. The third-order valence-electron chi connectivity index (χ3n) is 7.71. The second-order valence-electron chi connectivity index (χ2n) is 9.65. The summed E-state index contributed by atoms with van der Waals surface area (Å²) >= 11 is 0. The number of fused-ring (bicyclic) bond motifs is 11. The quantitative estimate of drug-likeness (QED) is 0.267. The molecule has 0 radical (unpaired) electrons. The number of hydrogen-bond acceptors (Lipinski definition) is 3. The smallest absolute Gasteiger partial charge is 0.138 e. The Balaban J connectivity index is 1.47. The van der Waals surface area contributed by atoms with E-state index in [1.165, 1.54) is 38.3 Å². The summed E-state index contributed by atoms with van der Waals surface area (Å²) in [6, 6.07) is 28.0. The van der Waals surface area contributed by atoms with Crippen LogP contribution in [0.2, 0.25) is 0 Å². The number of anilines is 1. The van der Waals surface area contributed by atoms with E-state index >= 15 is 0 Å². The minimum Gasteiger partial charge on any atom is -0.456 e. The van der Waals surface area contributed by atoms with Crippen molar-refractivity contribution < 1.29 is 4.42 Å². The summed E-state index contributed by atoms with van der Waals surface area (Å²) in [7, 11) is 0. The minimum absolute atomic E-state index is 0.0801. The van der Waals surface area contributed by atoms with Gasteiger partial charge in [-0.2, -0.15) is 0 Å². The zero-order chi connectivity index (χ0) is 23.4. The molecule has 4 heterocycles. The molecule has 0 saturated carbocycles. The lowest BCUT2D eigenvalue weighted by molar-refractivity contribution is 0.669.